The zero-order valence-electron chi connectivity index (χ0n) is 13.8. The van der Waals surface area contributed by atoms with Crippen molar-refractivity contribution >= 4 is 5.91 Å². The third-order valence-corrected chi connectivity index (χ3v) is 4.38. The van der Waals surface area contributed by atoms with Crippen LogP contribution in [-0.4, -0.2) is 37.6 Å². The Morgan fingerprint density at radius 1 is 1.27 bits per heavy atom. The number of hydrogen-bond acceptors (Lipinski definition) is 3. The third-order valence-electron chi connectivity index (χ3n) is 4.38. The molecule has 0 saturated heterocycles. The molecule has 0 unspecified atom stereocenters. The summed E-state index contributed by atoms with van der Waals surface area (Å²) >= 11 is 0. The van der Waals surface area contributed by atoms with E-state index in [4.69, 9.17) is 4.74 Å². The quantitative estimate of drug-likeness (QED) is 0.842. The van der Waals surface area contributed by atoms with Gasteiger partial charge < -0.3 is 10.1 Å². The first-order valence-corrected chi connectivity index (χ1v) is 8.22. The number of rotatable bonds is 7. The van der Waals surface area contributed by atoms with Crippen LogP contribution in [0.2, 0.25) is 0 Å². The topological polar surface area (TPSA) is 41.6 Å². The molecule has 4 heteroatoms. The van der Waals surface area contributed by atoms with E-state index in [0.717, 1.165) is 11.1 Å². The lowest BCUT2D eigenvalue weighted by Crippen LogP contribution is -2.41. The second-order valence-electron chi connectivity index (χ2n) is 6.24. The molecule has 22 heavy (non-hydrogen) atoms. The maximum atomic E-state index is 12.1. The number of carbonyl (C=O) groups is 1. The number of amides is 1. The summed E-state index contributed by atoms with van der Waals surface area (Å²) in [5.41, 5.74) is 2.25. The van der Waals surface area contributed by atoms with Gasteiger partial charge in [-0.25, -0.2) is 0 Å². The highest BCUT2D eigenvalue weighted by Crippen LogP contribution is 2.21. The molecule has 0 radical (unpaired) electrons. The van der Waals surface area contributed by atoms with Crippen molar-refractivity contribution in [1.29, 1.82) is 0 Å². The van der Waals surface area contributed by atoms with Crippen molar-refractivity contribution in [2.45, 2.75) is 51.3 Å². The normalized spacial score (nSPS) is 16.0. The molecular formula is C18H28N2O2. The summed E-state index contributed by atoms with van der Waals surface area (Å²) in [4.78, 5) is 14.3. The SMILES string of the molecule is COCc1cccc(CNC(=O)CN(C)C2CCCCC2)c1. The smallest absolute Gasteiger partial charge is 0.234 e. The number of nitrogens with zero attached hydrogens (tertiary/aromatic N) is 1. The lowest BCUT2D eigenvalue weighted by Gasteiger charge is -2.30. The number of ether oxygens (including phenoxy) is 1. The monoisotopic (exact) mass is 304 g/mol. The Kier molecular flexibility index (Phi) is 6.87. The second-order valence-corrected chi connectivity index (χ2v) is 6.24. The molecule has 0 heterocycles. The van der Waals surface area contributed by atoms with Gasteiger partial charge >= 0.3 is 0 Å². The molecule has 1 fully saturated rings. The van der Waals surface area contributed by atoms with E-state index in [-0.39, 0.29) is 5.91 Å². The average Bonchev–Trinajstić information content (AvgIpc) is 2.54. The van der Waals surface area contributed by atoms with E-state index >= 15 is 0 Å². The first-order chi connectivity index (χ1) is 10.7. The Bertz CT molecular complexity index is 470. The van der Waals surface area contributed by atoms with E-state index in [0.29, 0.717) is 25.7 Å². The number of methoxy groups -OCH3 is 1. The Morgan fingerprint density at radius 2 is 2.00 bits per heavy atom. The van der Waals surface area contributed by atoms with E-state index in [1.54, 1.807) is 7.11 Å². The maximum Gasteiger partial charge on any atom is 0.234 e. The molecule has 4 nitrogen and oxygen atoms in total. The van der Waals surface area contributed by atoms with Gasteiger partial charge in [0.05, 0.1) is 13.2 Å². The zero-order chi connectivity index (χ0) is 15.8. The molecule has 0 aromatic heterocycles. The van der Waals surface area contributed by atoms with Gasteiger partial charge in [-0.3, -0.25) is 9.69 Å². The van der Waals surface area contributed by atoms with Crippen LogP contribution in [0.5, 0.6) is 0 Å². The number of nitrogens with one attached hydrogen (secondary N) is 1. The minimum atomic E-state index is 0.102. The fraction of sp³-hybridized carbons (Fsp3) is 0.611. The van der Waals surface area contributed by atoms with Gasteiger partial charge in [-0.2, -0.15) is 0 Å². The minimum Gasteiger partial charge on any atom is -0.380 e. The van der Waals surface area contributed by atoms with E-state index in [1.165, 1.54) is 32.1 Å². The lowest BCUT2D eigenvalue weighted by atomic mass is 9.94. The summed E-state index contributed by atoms with van der Waals surface area (Å²) in [5.74, 6) is 0.102. The summed E-state index contributed by atoms with van der Waals surface area (Å²) in [7, 11) is 3.75. The van der Waals surface area contributed by atoms with Gasteiger partial charge in [0.15, 0.2) is 0 Å². The molecule has 122 valence electrons. The third kappa shape index (κ3) is 5.43. The van der Waals surface area contributed by atoms with Gasteiger partial charge in [0, 0.05) is 19.7 Å². The molecule has 1 N–H and O–H groups in total. The van der Waals surface area contributed by atoms with Crippen molar-refractivity contribution in [2.24, 2.45) is 0 Å². The van der Waals surface area contributed by atoms with Crippen molar-refractivity contribution in [1.82, 2.24) is 10.2 Å². The number of carbonyl (C=O) groups excluding carboxylic acids is 1. The first kappa shape index (κ1) is 17.0. The molecule has 1 aromatic rings. The molecule has 1 aliphatic carbocycles. The van der Waals surface area contributed by atoms with Gasteiger partial charge in [0.25, 0.3) is 0 Å². The molecular weight excluding hydrogens is 276 g/mol. The number of benzene rings is 1. The first-order valence-electron chi connectivity index (χ1n) is 8.22. The molecule has 0 spiro atoms. The Hall–Kier alpha value is -1.39. The maximum absolute atomic E-state index is 12.1. The predicted octanol–water partition coefficient (Wildman–Crippen LogP) is 2.71. The molecule has 0 atom stereocenters. The summed E-state index contributed by atoms with van der Waals surface area (Å²) in [6.07, 6.45) is 6.38. The summed E-state index contributed by atoms with van der Waals surface area (Å²) < 4.78 is 5.13. The second kappa shape index (κ2) is 8.91. The summed E-state index contributed by atoms with van der Waals surface area (Å²) in [6, 6.07) is 8.72. The van der Waals surface area contributed by atoms with Crippen molar-refractivity contribution in [3.8, 4) is 0 Å². The Labute approximate surface area is 133 Å². The standard InChI is InChI=1S/C18H28N2O2/c1-20(17-9-4-3-5-10-17)13-18(21)19-12-15-7-6-8-16(11-15)14-22-2/h6-8,11,17H,3-5,9-10,12-14H2,1-2H3,(H,19,21). The molecule has 0 bridgehead atoms. The van der Waals surface area contributed by atoms with Crippen molar-refractivity contribution in [2.75, 3.05) is 20.7 Å². The fourth-order valence-corrected chi connectivity index (χ4v) is 3.13. The van der Waals surface area contributed by atoms with Crippen LogP contribution in [0.4, 0.5) is 0 Å². The van der Waals surface area contributed by atoms with Crippen LogP contribution in [-0.2, 0) is 22.7 Å². The largest absolute Gasteiger partial charge is 0.380 e. The van der Waals surface area contributed by atoms with E-state index in [2.05, 4.69) is 23.3 Å². The van der Waals surface area contributed by atoms with Crippen LogP contribution < -0.4 is 5.32 Å². The highest BCUT2D eigenvalue weighted by molar-refractivity contribution is 5.78. The Balaban J connectivity index is 1.76. The highest BCUT2D eigenvalue weighted by Gasteiger charge is 2.19. The number of hydrogen-bond donors (Lipinski definition) is 1. The van der Waals surface area contributed by atoms with Crippen LogP contribution in [0, 0.1) is 0 Å². The molecule has 2 rings (SSSR count). The van der Waals surface area contributed by atoms with Gasteiger partial charge in [0.2, 0.25) is 5.91 Å². The van der Waals surface area contributed by atoms with E-state index < -0.39 is 0 Å². The van der Waals surface area contributed by atoms with Crippen LogP contribution in [0.1, 0.15) is 43.2 Å². The average molecular weight is 304 g/mol. The van der Waals surface area contributed by atoms with Crippen LogP contribution in [0.25, 0.3) is 0 Å². The molecule has 0 aliphatic heterocycles. The van der Waals surface area contributed by atoms with Gasteiger partial charge in [-0.05, 0) is 31.0 Å². The highest BCUT2D eigenvalue weighted by atomic mass is 16.5. The van der Waals surface area contributed by atoms with Crippen LogP contribution in [0.3, 0.4) is 0 Å². The van der Waals surface area contributed by atoms with Gasteiger partial charge in [-0.15, -0.1) is 0 Å². The molecule has 1 amide bonds. The summed E-state index contributed by atoms with van der Waals surface area (Å²) in [5, 5.41) is 3.02. The van der Waals surface area contributed by atoms with Crippen molar-refractivity contribution < 1.29 is 9.53 Å². The van der Waals surface area contributed by atoms with Gasteiger partial charge in [-0.1, -0.05) is 43.5 Å². The van der Waals surface area contributed by atoms with E-state index in [9.17, 15) is 4.79 Å². The molecule has 1 saturated carbocycles. The zero-order valence-corrected chi connectivity index (χ0v) is 13.8. The minimum absolute atomic E-state index is 0.102. The Morgan fingerprint density at radius 3 is 2.73 bits per heavy atom. The molecule has 1 aromatic carbocycles. The number of likely N-dealkylation sites (N-methyl/N-ethyl adjacent to an activating group) is 1. The van der Waals surface area contributed by atoms with Crippen LogP contribution >= 0.6 is 0 Å². The fourth-order valence-electron chi connectivity index (χ4n) is 3.13. The van der Waals surface area contributed by atoms with Crippen molar-refractivity contribution in [3.05, 3.63) is 35.4 Å². The summed E-state index contributed by atoms with van der Waals surface area (Å²) in [6.45, 7) is 1.67. The predicted molar refractivity (Wildman–Crippen MR) is 88.5 cm³/mol. The van der Waals surface area contributed by atoms with Crippen LogP contribution in [0.15, 0.2) is 24.3 Å². The van der Waals surface area contributed by atoms with Gasteiger partial charge in [0.1, 0.15) is 0 Å². The molecule has 1 aliphatic rings. The lowest BCUT2D eigenvalue weighted by molar-refractivity contribution is -0.122. The van der Waals surface area contributed by atoms with E-state index in [1.807, 2.05) is 18.2 Å². The van der Waals surface area contributed by atoms with Crippen molar-refractivity contribution in [3.63, 3.8) is 0 Å².